The number of hydrogen-bond acceptors (Lipinski definition) is 5. The lowest BCUT2D eigenvalue weighted by Gasteiger charge is -2.51. The van der Waals surface area contributed by atoms with Crippen LogP contribution in [0.3, 0.4) is 0 Å². The normalized spacial score (nSPS) is 24.5. The SMILES string of the molecule is O=C(OCC1c2ccccc2-c2ccccc21)N1C2COCC1CC(O)(c1ccc3ncccc3c1)C2. The molecule has 1 aliphatic carbocycles. The van der Waals surface area contributed by atoms with E-state index in [1.807, 2.05) is 59.5 Å². The van der Waals surface area contributed by atoms with Gasteiger partial charge in [0, 0.05) is 30.3 Å². The van der Waals surface area contributed by atoms with Gasteiger partial charge in [0.1, 0.15) is 6.61 Å². The van der Waals surface area contributed by atoms with Gasteiger partial charge in [-0.1, -0.05) is 60.7 Å². The van der Waals surface area contributed by atoms with Gasteiger partial charge < -0.3 is 14.6 Å². The number of morpholine rings is 1. The smallest absolute Gasteiger partial charge is 0.410 e. The lowest BCUT2D eigenvalue weighted by Crippen LogP contribution is -2.62. The molecule has 1 N–H and O–H groups in total. The van der Waals surface area contributed by atoms with Crippen LogP contribution in [0.15, 0.2) is 85.1 Å². The summed E-state index contributed by atoms with van der Waals surface area (Å²) in [6, 6.07) is 26.0. The van der Waals surface area contributed by atoms with Gasteiger partial charge in [-0.15, -0.1) is 0 Å². The molecule has 4 aromatic rings. The summed E-state index contributed by atoms with van der Waals surface area (Å²) in [6.07, 6.45) is 2.24. The number of benzene rings is 3. The summed E-state index contributed by atoms with van der Waals surface area (Å²) >= 11 is 0. The number of hydrogen-bond donors (Lipinski definition) is 1. The summed E-state index contributed by atoms with van der Waals surface area (Å²) in [6.45, 7) is 1.06. The Morgan fingerprint density at radius 1 is 0.946 bits per heavy atom. The van der Waals surface area contributed by atoms with Gasteiger partial charge in [-0.05, 0) is 46.0 Å². The third-order valence-corrected chi connectivity index (χ3v) is 8.24. The summed E-state index contributed by atoms with van der Waals surface area (Å²) < 4.78 is 11.8. The van der Waals surface area contributed by atoms with E-state index in [4.69, 9.17) is 9.47 Å². The minimum Gasteiger partial charge on any atom is -0.448 e. The number of ether oxygens (including phenoxy) is 2. The van der Waals surface area contributed by atoms with Crippen molar-refractivity contribution >= 4 is 17.0 Å². The number of pyridine rings is 1. The number of aliphatic hydroxyl groups is 1. The summed E-state index contributed by atoms with van der Waals surface area (Å²) in [5.74, 6) is 0.0142. The quantitative estimate of drug-likeness (QED) is 0.424. The molecule has 37 heavy (non-hydrogen) atoms. The molecule has 0 radical (unpaired) electrons. The van der Waals surface area contributed by atoms with Gasteiger partial charge in [0.25, 0.3) is 0 Å². The summed E-state index contributed by atoms with van der Waals surface area (Å²) in [4.78, 5) is 19.7. The Bertz CT molecular complexity index is 1440. The first-order chi connectivity index (χ1) is 18.1. The van der Waals surface area contributed by atoms with Crippen LogP contribution in [0, 0.1) is 0 Å². The van der Waals surface area contributed by atoms with Gasteiger partial charge in [-0.3, -0.25) is 9.88 Å². The van der Waals surface area contributed by atoms with E-state index in [9.17, 15) is 9.90 Å². The average Bonchev–Trinajstić information content (AvgIpc) is 3.24. The first-order valence-corrected chi connectivity index (χ1v) is 12.9. The van der Waals surface area contributed by atoms with E-state index in [0.29, 0.717) is 26.1 Å². The molecule has 1 aromatic heterocycles. The monoisotopic (exact) mass is 492 g/mol. The maximum absolute atomic E-state index is 13.5. The average molecular weight is 493 g/mol. The minimum absolute atomic E-state index is 0.0142. The Labute approximate surface area is 215 Å². The van der Waals surface area contributed by atoms with Gasteiger partial charge in [0.2, 0.25) is 0 Å². The molecular formula is C31H28N2O4. The molecule has 3 aromatic carbocycles. The Morgan fingerprint density at radius 2 is 1.62 bits per heavy atom. The third-order valence-electron chi connectivity index (χ3n) is 8.24. The highest BCUT2D eigenvalue weighted by molar-refractivity contribution is 5.80. The van der Waals surface area contributed by atoms with Crippen molar-refractivity contribution in [3.63, 3.8) is 0 Å². The minimum atomic E-state index is -1.04. The largest absolute Gasteiger partial charge is 0.448 e. The summed E-state index contributed by atoms with van der Waals surface area (Å²) in [7, 11) is 0. The zero-order chi connectivity index (χ0) is 25.0. The van der Waals surface area contributed by atoms with E-state index in [-0.39, 0.29) is 30.7 Å². The number of carbonyl (C=O) groups excluding carboxylic acids is 1. The second-order valence-electron chi connectivity index (χ2n) is 10.4. The van der Waals surface area contributed by atoms with Crippen LogP contribution in [0.2, 0.25) is 0 Å². The van der Waals surface area contributed by atoms with Gasteiger partial charge in [-0.25, -0.2) is 4.79 Å². The number of rotatable bonds is 3. The number of aromatic nitrogens is 1. The lowest BCUT2D eigenvalue weighted by molar-refractivity contribution is -0.136. The van der Waals surface area contributed by atoms with Crippen LogP contribution in [0.1, 0.15) is 35.4 Å². The molecule has 3 heterocycles. The Balaban J connectivity index is 1.11. The predicted octanol–water partition coefficient (Wildman–Crippen LogP) is 5.23. The molecule has 0 saturated carbocycles. The van der Waals surface area contributed by atoms with E-state index in [0.717, 1.165) is 16.5 Å². The molecular weight excluding hydrogens is 464 g/mol. The first-order valence-electron chi connectivity index (χ1n) is 12.9. The fourth-order valence-electron chi connectivity index (χ4n) is 6.54. The van der Waals surface area contributed by atoms with E-state index in [1.165, 1.54) is 22.3 Å². The Morgan fingerprint density at radius 3 is 2.32 bits per heavy atom. The maximum atomic E-state index is 13.5. The van der Waals surface area contributed by atoms with E-state index in [1.54, 1.807) is 6.20 Å². The highest BCUT2D eigenvalue weighted by Crippen LogP contribution is 2.45. The molecule has 0 spiro atoms. The van der Waals surface area contributed by atoms with Crippen molar-refractivity contribution in [2.45, 2.75) is 36.4 Å². The van der Waals surface area contributed by atoms with Crippen molar-refractivity contribution in [2.75, 3.05) is 19.8 Å². The highest BCUT2D eigenvalue weighted by atomic mass is 16.6. The van der Waals surface area contributed by atoms with Crippen molar-refractivity contribution in [2.24, 2.45) is 0 Å². The van der Waals surface area contributed by atoms with Gasteiger partial charge in [-0.2, -0.15) is 0 Å². The van der Waals surface area contributed by atoms with Crippen molar-refractivity contribution in [3.8, 4) is 11.1 Å². The number of piperidine rings is 1. The molecule has 1 amide bonds. The van der Waals surface area contributed by atoms with Gasteiger partial charge in [0.15, 0.2) is 0 Å². The van der Waals surface area contributed by atoms with Crippen LogP contribution in [0.4, 0.5) is 4.79 Å². The molecule has 2 bridgehead atoms. The van der Waals surface area contributed by atoms with Crippen molar-refractivity contribution in [1.29, 1.82) is 0 Å². The number of fused-ring (bicyclic) bond motifs is 6. The van der Waals surface area contributed by atoms with E-state index < -0.39 is 5.60 Å². The van der Waals surface area contributed by atoms with Crippen LogP contribution in [-0.4, -0.2) is 53.0 Å². The molecule has 186 valence electrons. The van der Waals surface area contributed by atoms with Crippen LogP contribution < -0.4 is 0 Å². The van der Waals surface area contributed by atoms with E-state index >= 15 is 0 Å². The Kier molecular flexibility index (Phi) is 5.27. The number of nitrogens with zero attached hydrogens (tertiary/aromatic N) is 2. The lowest BCUT2D eigenvalue weighted by atomic mass is 9.76. The predicted molar refractivity (Wildman–Crippen MR) is 140 cm³/mol. The second kappa shape index (κ2) is 8.68. The highest BCUT2D eigenvalue weighted by Gasteiger charge is 2.49. The molecule has 2 saturated heterocycles. The maximum Gasteiger partial charge on any atom is 0.410 e. The molecule has 7 rings (SSSR count). The molecule has 3 aliphatic rings. The van der Waals surface area contributed by atoms with Crippen molar-refractivity contribution in [3.05, 3.63) is 102 Å². The standard InChI is InChI=1S/C31H28N2O4/c34-30(37-19-28-26-9-3-1-7-24(26)25-8-2-4-10-27(25)28)33-22-15-31(35,16-23(33)18-36-17-22)21-11-12-29-20(14-21)6-5-13-32-29/h1-14,22-23,28,35H,15-19H2. The summed E-state index contributed by atoms with van der Waals surface area (Å²) in [5.41, 5.74) is 5.52. The van der Waals surface area contributed by atoms with Gasteiger partial charge >= 0.3 is 6.09 Å². The van der Waals surface area contributed by atoms with Crippen LogP contribution in [0.5, 0.6) is 0 Å². The zero-order valence-electron chi connectivity index (χ0n) is 20.4. The Hall–Kier alpha value is -3.74. The fraction of sp³-hybridized carbons (Fsp3) is 0.290. The third kappa shape index (κ3) is 3.71. The molecule has 2 atom stereocenters. The van der Waals surface area contributed by atoms with Crippen molar-refractivity contribution < 1.29 is 19.4 Å². The number of carbonyl (C=O) groups is 1. The molecule has 2 aliphatic heterocycles. The molecule has 2 unspecified atom stereocenters. The fourth-order valence-corrected chi connectivity index (χ4v) is 6.54. The zero-order valence-corrected chi connectivity index (χ0v) is 20.4. The number of amides is 1. The molecule has 6 heteroatoms. The van der Waals surface area contributed by atoms with Crippen molar-refractivity contribution in [1.82, 2.24) is 9.88 Å². The second-order valence-corrected chi connectivity index (χ2v) is 10.4. The van der Waals surface area contributed by atoms with Gasteiger partial charge in [0.05, 0.1) is 36.4 Å². The molecule has 2 fully saturated rings. The summed E-state index contributed by atoms with van der Waals surface area (Å²) in [5, 5.41) is 12.8. The van der Waals surface area contributed by atoms with Crippen LogP contribution >= 0.6 is 0 Å². The molecule has 6 nitrogen and oxygen atoms in total. The van der Waals surface area contributed by atoms with E-state index in [2.05, 4.69) is 29.2 Å². The van der Waals surface area contributed by atoms with Crippen LogP contribution in [-0.2, 0) is 15.1 Å². The van der Waals surface area contributed by atoms with Crippen LogP contribution in [0.25, 0.3) is 22.0 Å². The first kappa shape index (κ1) is 22.5. The topological polar surface area (TPSA) is 71.9 Å².